The SMILES string of the molecule is COc1ccc(/C=C/c2cc(OC)c(OC)c(OC)c2)cc1NC(C)C. The molecule has 2 rings (SSSR count). The van der Waals surface area contributed by atoms with Crippen LogP contribution < -0.4 is 24.3 Å². The molecule has 0 amide bonds. The molecule has 0 atom stereocenters. The van der Waals surface area contributed by atoms with Crippen molar-refractivity contribution in [3.05, 3.63) is 41.5 Å². The van der Waals surface area contributed by atoms with Crippen molar-refractivity contribution in [2.45, 2.75) is 19.9 Å². The van der Waals surface area contributed by atoms with E-state index in [2.05, 4.69) is 25.2 Å². The Morgan fingerprint density at radius 2 is 1.31 bits per heavy atom. The Labute approximate surface area is 155 Å². The fourth-order valence-electron chi connectivity index (χ4n) is 2.64. The molecule has 5 nitrogen and oxygen atoms in total. The van der Waals surface area contributed by atoms with Crippen LogP contribution in [0.2, 0.25) is 0 Å². The van der Waals surface area contributed by atoms with Crippen molar-refractivity contribution < 1.29 is 18.9 Å². The van der Waals surface area contributed by atoms with Crippen molar-refractivity contribution in [3.63, 3.8) is 0 Å². The number of methoxy groups -OCH3 is 4. The van der Waals surface area contributed by atoms with E-state index in [0.29, 0.717) is 23.3 Å². The first-order chi connectivity index (χ1) is 12.5. The van der Waals surface area contributed by atoms with Crippen molar-refractivity contribution in [2.75, 3.05) is 33.8 Å². The molecule has 2 aromatic rings. The zero-order valence-corrected chi connectivity index (χ0v) is 16.3. The molecule has 0 spiro atoms. The molecule has 0 heterocycles. The molecule has 5 heteroatoms. The molecular formula is C21H27NO4. The number of benzene rings is 2. The lowest BCUT2D eigenvalue weighted by Gasteiger charge is -2.14. The predicted octanol–water partition coefficient (Wildman–Crippen LogP) is 4.71. The van der Waals surface area contributed by atoms with Crippen LogP contribution in [0.15, 0.2) is 30.3 Å². The van der Waals surface area contributed by atoms with Crippen LogP contribution in [0.25, 0.3) is 12.2 Å². The molecule has 26 heavy (non-hydrogen) atoms. The van der Waals surface area contributed by atoms with Gasteiger partial charge in [0.1, 0.15) is 5.75 Å². The molecule has 0 aliphatic carbocycles. The van der Waals surface area contributed by atoms with E-state index in [1.165, 1.54) is 0 Å². The summed E-state index contributed by atoms with van der Waals surface area (Å²) in [6.45, 7) is 4.19. The molecule has 0 bridgehead atoms. The maximum atomic E-state index is 5.42. The molecular weight excluding hydrogens is 330 g/mol. The van der Waals surface area contributed by atoms with Crippen LogP contribution in [-0.2, 0) is 0 Å². The van der Waals surface area contributed by atoms with Gasteiger partial charge in [-0.2, -0.15) is 0 Å². The van der Waals surface area contributed by atoms with Gasteiger partial charge in [0.2, 0.25) is 5.75 Å². The number of hydrogen-bond donors (Lipinski definition) is 1. The van der Waals surface area contributed by atoms with Gasteiger partial charge in [-0.25, -0.2) is 0 Å². The largest absolute Gasteiger partial charge is 0.495 e. The van der Waals surface area contributed by atoms with E-state index in [0.717, 1.165) is 22.6 Å². The Hall–Kier alpha value is -2.82. The van der Waals surface area contributed by atoms with Crippen molar-refractivity contribution in [1.29, 1.82) is 0 Å². The monoisotopic (exact) mass is 357 g/mol. The zero-order valence-electron chi connectivity index (χ0n) is 16.3. The maximum Gasteiger partial charge on any atom is 0.203 e. The maximum absolute atomic E-state index is 5.42. The average molecular weight is 357 g/mol. The molecule has 0 fully saturated rings. The van der Waals surface area contributed by atoms with E-state index in [9.17, 15) is 0 Å². The van der Waals surface area contributed by atoms with Crippen LogP contribution in [0.3, 0.4) is 0 Å². The molecule has 0 unspecified atom stereocenters. The van der Waals surface area contributed by atoms with Crippen LogP contribution in [0, 0.1) is 0 Å². The second-order valence-electron chi connectivity index (χ2n) is 6.05. The van der Waals surface area contributed by atoms with Crippen molar-refractivity contribution >= 4 is 17.8 Å². The third kappa shape index (κ3) is 4.63. The van der Waals surface area contributed by atoms with Crippen LogP contribution in [0.1, 0.15) is 25.0 Å². The van der Waals surface area contributed by atoms with Crippen LogP contribution in [0.5, 0.6) is 23.0 Å². The van der Waals surface area contributed by atoms with Gasteiger partial charge in [-0.15, -0.1) is 0 Å². The average Bonchev–Trinajstić information content (AvgIpc) is 2.65. The normalized spacial score (nSPS) is 10.9. The van der Waals surface area contributed by atoms with Gasteiger partial charge in [0.15, 0.2) is 11.5 Å². The summed E-state index contributed by atoms with van der Waals surface area (Å²) in [6.07, 6.45) is 4.04. The fourth-order valence-corrected chi connectivity index (χ4v) is 2.64. The number of ether oxygens (including phenoxy) is 4. The summed E-state index contributed by atoms with van der Waals surface area (Å²) in [6, 6.07) is 10.2. The Bertz CT molecular complexity index is 744. The summed E-state index contributed by atoms with van der Waals surface area (Å²) in [7, 11) is 6.49. The van der Waals surface area contributed by atoms with E-state index >= 15 is 0 Å². The molecule has 0 saturated heterocycles. The van der Waals surface area contributed by atoms with E-state index in [1.54, 1.807) is 28.4 Å². The van der Waals surface area contributed by atoms with Crippen molar-refractivity contribution in [1.82, 2.24) is 0 Å². The minimum absolute atomic E-state index is 0.318. The minimum Gasteiger partial charge on any atom is -0.495 e. The van der Waals surface area contributed by atoms with Gasteiger partial charge in [-0.3, -0.25) is 0 Å². The summed E-state index contributed by atoms with van der Waals surface area (Å²) in [4.78, 5) is 0. The minimum atomic E-state index is 0.318. The third-order valence-electron chi connectivity index (χ3n) is 3.82. The lowest BCUT2D eigenvalue weighted by Crippen LogP contribution is -2.10. The van der Waals surface area contributed by atoms with Crippen LogP contribution in [-0.4, -0.2) is 34.5 Å². The lowest BCUT2D eigenvalue weighted by atomic mass is 10.1. The molecule has 0 saturated carbocycles. The number of nitrogens with one attached hydrogen (secondary N) is 1. The summed E-state index contributed by atoms with van der Waals surface area (Å²) in [5.74, 6) is 2.66. The van der Waals surface area contributed by atoms with Gasteiger partial charge in [0, 0.05) is 6.04 Å². The molecule has 140 valence electrons. The first-order valence-electron chi connectivity index (χ1n) is 8.45. The smallest absolute Gasteiger partial charge is 0.203 e. The van der Waals surface area contributed by atoms with Crippen LogP contribution >= 0.6 is 0 Å². The zero-order chi connectivity index (χ0) is 19.1. The van der Waals surface area contributed by atoms with Gasteiger partial charge >= 0.3 is 0 Å². The highest BCUT2D eigenvalue weighted by Gasteiger charge is 2.12. The second kappa shape index (κ2) is 9.04. The van der Waals surface area contributed by atoms with Crippen molar-refractivity contribution in [2.24, 2.45) is 0 Å². The van der Waals surface area contributed by atoms with Crippen molar-refractivity contribution in [3.8, 4) is 23.0 Å². The lowest BCUT2D eigenvalue weighted by molar-refractivity contribution is 0.324. The van der Waals surface area contributed by atoms with E-state index in [-0.39, 0.29) is 0 Å². The van der Waals surface area contributed by atoms with Gasteiger partial charge in [-0.1, -0.05) is 18.2 Å². The topological polar surface area (TPSA) is 49.0 Å². The molecule has 2 aromatic carbocycles. The quantitative estimate of drug-likeness (QED) is 0.693. The Morgan fingerprint density at radius 1 is 0.731 bits per heavy atom. The third-order valence-corrected chi connectivity index (χ3v) is 3.82. The molecule has 1 N–H and O–H groups in total. The fraction of sp³-hybridized carbons (Fsp3) is 0.333. The Morgan fingerprint density at radius 3 is 1.81 bits per heavy atom. The Kier molecular flexibility index (Phi) is 6.78. The summed E-state index contributed by atoms with van der Waals surface area (Å²) in [5.41, 5.74) is 2.98. The highest BCUT2D eigenvalue weighted by atomic mass is 16.5. The van der Waals surface area contributed by atoms with Gasteiger partial charge in [0.25, 0.3) is 0 Å². The molecule has 0 radical (unpaired) electrons. The van der Waals surface area contributed by atoms with Gasteiger partial charge < -0.3 is 24.3 Å². The predicted molar refractivity (Wildman–Crippen MR) is 107 cm³/mol. The highest BCUT2D eigenvalue weighted by Crippen LogP contribution is 2.38. The van der Waals surface area contributed by atoms with Crippen LogP contribution in [0.4, 0.5) is 5.69 Å². The first-order valence-corrected chi connectivity index (χ1v) is 8.45. The highest BCUT2D eigenvalue weighted by molar-refractivity contribution is 5.75. The standard InChI is InChI=1S/C21H27NO4/c1-14(2)22-17-11-15(9-10-18(17)23-3)7-8-16-12-19(24-4)21(26-6)20(13-16)25-5/h7-14,22H,1-6H3/b8-7+. The summed E-state index contributed by atoms with van der Waals surface area (Å²) < 4.78 is 21.6. The molecule has 0 aliphatic heterocycles. The number of rotatable bonds is 8. The molecule has 0 aromatic heterocycles. The Balaban J connectivity index is 2.34. The van der Waals surface area contributed by atoms with E-state index in [1.807, 2.05) is 36.4 Å². The number of hydrogen-bond acceptors (Lipinski definition) is 5. The van der Waals surface area contributed by atoms with Gasteiger partial charge in [0.05, 0.1) is 34.1 Å². The molecule has 0 aliphatic rings. The van der Waals surface area contributed by atoms with E-state index < -0.39 is 0 Å². The second-order valence-corrected chi connectivity index (χ2v) is 6.05. The summed E-state index contributed by atoms with van der Waals surface area (Å²) >= 11 is 0. The summed E-state index contributed by atoms with van der Waals surface area (Å²) in [5, 5.41) is 3.40. The number of anilines is 1. The first kappa shape index (κ1) is 19.5. The van der Waals surface area contributed by atoms with Gasteiger partial charge in [-0.05, 0) is 49.2 Å². The van der Waals surface area contributed by atoms with E-state index in [4.69, 9.17) is 18.9 Å².